The summed E-state index contributed by atoms with van der Waals surface area (Å²) in [5.41, 5.74) is 0. The van der Waals surface area contributed by atoms with Crippen LogP contribution in [0, 0.1) is 0 Å². The highest BCUT2D eigenvalue weighted by Crippen LogP contribution is 2.00. The van der Waals surface area contributed by atoms with Gasteiger partial charge in [0.05, 0.1) is 0 Å². The molecular formula is C12H26N2. The summed E-state index contributed by atoms with van der Waals surface area (Å²) in [7, 11) is 2.15. The van der Waals surface area contributed by atoms with Crippen molar-refractivity contribution in [3.63, 3.8) is 0 Å². The lowest BCUT2D eigenvalue weighted by Crippen LogP contribution is -2.19. The summed E-state index contributed by atoms with van der Waals surface area (Å²) in [6.07, 6.45) is 7.31. The molecule has 14 heavy (non-hydrogen) atoms. The zero-order valence-electron chi connectivity index (χ0n) is 9.89. The van der Waals surface area contributed by atoms with E-state index in [4.69, 9.17) is 0 Å². The molecule has 0 aliphatic rings. The summed E-state index contributed by atoms with van der Waals surface area (Å²) in [5.74, 6) is 0. The quantitative estimate of drug-likeness (QED) is 0.428. The van der Waals surface area contributed by atoms with Gasteiger partial charge in [0.25, 0.3) is 0 Å². The fourth-order valence-corrected chi connectivity index (χ4v) is 1.47. The van der Waals surface area contributed by atoms with Crippen LogP contribution in [0.25, 0.3) is 0 Å². The van der Waals surface area contributed by atoms with E-state index in [1.807, 2.05) is 6.08 Å². The number of nitrogens with one attached hydrogen (secondary N) is 1. The van der Waals surface area contributed by atoms with E-state index in [1.54, 1.807) is 0 Å². The van der Waals surface area contributed by atoms with Crippen LogP contribution in [-0.2, 0) is 0 Å². The highest BCUT2D eigenvalue weighted by atomic mass is 15.1. The smallest absolute Gasteiger partial charge is 0.0157 e. The van der Waals surface area contributed by atoms with Crippen LogP contribution in [0.3, 0.4) is 0 Å². The Hall–Kier alpha value is -0.340. The van der Waals surface area contributed by atoms with Crippen molar-refractivity contribution in [2.75, 3.05) is 33.2 Å². The molecule has 0 saturated heterocycles. The molecule has 0 unspecified atom stereocenters. The average molecular weight is 198 g/mol. The minimum Gasteiger partial charge on any atom is -0.317 e. The van der Waals surface area contributed by atoms with Crippen LogP contribution in [0.5, 0.6) is 0 Å². The van der Waals surface area contributed by atoms with Crippen molar-refractivity contribution in [1.82, 2.24) is 10.2 Å². The highest BCUT2D eigenvalue weighted by Gasteiger charge is 1.94. The molecule has 0 aromatic heterocycles. The lowest BCUT2D eigenvalue weighted by atomic mass is 10.2. The van der Waals surface area contributed by atoms with Gasteiger partial charge in [0, 0.05) is 6.54 Å². The van der Waals surface area contributed by atoms with E-state index in [2.05, 4.69) is 30.8 Å². The van der Waals surface area contributed by atoms with Gasteiger partial charge in [0.2, 0.25) is 0 Å². The zero-order valence-corrected chi connectivity index (χ0v) is 9.89. The van der Waals surface area contributed by atoms with E-state index < -0.39 is 0 Å². The van der Waals surface area contributed by atoms with E-state index in [0.717, 1.165) is 13.1 Å². The Labute approximate surface area is 89.4 Å². The Bertz CT molecular complexity index is 123. The van der Waals surface area contributed by atoms with Gasteiger partial charge in [0.15, 0.2) is 0 Å². The van der Waals surface area contributed by atoms with Gasteiger partial charge in [-0.05, 0) is 39.5 Å². The van der Waals surface area contributed by atoms with E-state index >= 15 is 0 Å². The third-order valence-corrected chi connectivity index (χ3v) is 2.33. The van der Waals surface area contributed by atoms with Crippen LogP contribution >= 0.6 is 0 Å². The summed E-state index contributed by atoms with van der Waals surface area (Å²) in [6.45, 7) is 10.4. The lowest BCUT2D eigenvalue weighted by molar-refractivity contribution is 0.356. The highest BCUT2D eigenvalue weighted by molar-refractivity contribution is 4.70. The van der Waals surface area contributed by atoms with Crippen molar-refractivity contribution in [3.8, 4) is 0 Å². The molecule has 0 spiro atoms. The summed E-state index contributed by atoms with van der Waals surface area (Å²) in [4.78, 5) is 2.32. The zero-order chi connectivity index (χ0) is 10.6. The van der Waals surface area contributed by atoms with Gasteiger partial charge in [-0.2, -0.15) is 0 Å². The van der Waals surface area contributed by atoms with Gasteiger partial charge in [0.1, 0.15) is 0 Å². The molecule has 0 aliphatic heterocycles. The summed E-state index contributed by atoms with van der Waals surface area (Å²) >= 11 is 0. The van der Waals surface area contributed by atoms with Crippen LogP contribution in [-0.4, -0.2) is 38.1 Å². The third-order valence-electron chi connectivity index (χ3n) is 2.33. The van der Waals surface area contributed by atoms with Crippen LogP contribution in [0.2, 0.25) is 0 Å². The molecule has 0 aliphatic carbocycles. The van der Waals surface area contributed by atoms with Crippen LogP contribution in [0.15, 0.2) is 12.7 Å². The van der Waals surface area contributed by atoms with Gasteiger partial charge in [-0.1, -0.05) is 25.8 Å². The van der Waals surface area contributed by atoms with Gasteiger partial charge < -0.3 is 10.2 Å². The molecule has 1 N–H and O–H groups in total. The van der Waals surface area contributed by atoms with Gasteiger partial charge >= 0.3 is 0 Å². The van der Waals surface area contributed by atoms with Crippen LogP contribution in [0.1, 0.15) is 32.6 Å². The molecule has 0 rings (SSSR count). The number of nitrogens with zero attached hydrogens (tertiary/aromatic N) is 1. The van der Waals surface area contributed by atoms with E-state index in [1.165, 1.54) is 38.8 Å². The number of rotatable bonds is 10. The lowest BCUT2D eigenvalue weighted by Gasteiger charge is -2.13. The predicted octanol–water partition coefficient (Wildman–Crippen LogP) is 2.27. The van der Waals surface area contributed by atoms with Crippen molar-refractivity contribution in [1.29, 1.82) is 0 Å². The minimum atomic E-state index is 1.01. The molecule has 0 aromatic carbocycles. The molecule has 0 heterocycles. The first-order valence-corrected chi connectivity index (χ1v) is 5.81. The molecular weight excluding hydrogens is 172 g/mol. The second-order valence-electron chi connectivity index (χ2n) is 3.82. The van der Waals surface area contributed by atoms with Crippen LogP contribution in [0.4, 0.5) is 0 Å². The third kappa shape index (κ3) is 9.75. The monoisotopic (exact) mass is 198 g/mol. The fourth-order valence-electron chi connectivity index (χ4n) is 1.47. The molecule has 0 bridgehead atoms. The van der Waals surface area contributed by atoms with Crippen molar-refractivity contribution in [2.24, 2.45) is 0 Å². The summed E-state index contributed by atoms with van der Waals surface area (Å²) in [5, 5.41) is 3.34. The Balaban J connectivity index is 3.01. The van der Waals surface area contributed by atoms with Gasteiger partial charge in [-0.25, -0.2) is 0 Å². The van der Waals surface area contributed by atoms with Crippen molar-refractivity contribution >= 4 is 0 Å². The van der Waals surface area contributed by atoms with Gasteiger partial charge in [-0.3, -0.25) is 0 Å². The largest absolute Gasteiger partial charge is 0.317 e. The molecule has 0 radical (unpaired) electrons. The molecule has 0 atom stereocenters. The minimum absolute atomic E-state index is 1.01. The summed E-state index contributed by atoms with van der Waals surface area (Å²) in [6, 6.07) is 0. The molecule has 0 amide bonds. The molecule has 2 nitrogen and oxygen atoms in total. The number of hydrogen-bond acceptors (Lipinski definition) is 2. The molecule has 0 aromatic rings. The maximum atomic E-state index is 3.73. The Morgan fingerprint density at radius 3 is 2.57 bits per heavy atom. The number of hydrogen-bond donors (Lipinski definition) is 1. The SMILES string of the molecule is C=CCN(C)CCCCCCNCC. The molecule has 2 heteroatoms. The van der Waals surface area contributed by atoms with Crippen molar-refractivity contribution in [2.45, 2.75) is 32.6 Å². The standard InChI is InChI=1S/C12H26N2/c1-4-11-14(3)12-9-7-6-8-10-13-5-2/h4,13H,1,5-12H2,2-3H3. The Morgan fingerprint density at radius 1 is 1.21 bits per heavy atom. The molecule has 84 valence electrons. The average Bonchev–Trinajstić information content (AvgIpc) is 2.17. The van der Waals surface area contributed by atoms with E-state index in [-0.39, 0.29) is 0 Å². The topological polar surface area (TPSA) is 15.3 Å². The van der Waals surface area contributed by atoms with Gasteiger partial charge in [-0.15, -0.1) is 6.58 Å². The molecule has 0 fully saturated rings. The number of unbranched alkanes of at least 4 members (excludes halogenated alkanes) is 3. The van der Waals surface area contributed by atoms with E-state index in [0.29, 0.717) is 0 Å². The maximum absolute atomic E-state index is 3.73. The second-order valence-corrected chi connectivity index (χ2v) is 3.82. The normalized spacial score (nSPS) is 10.8. The van der Waals surface area contributed by atoms with Crippen LogP contribution < -0.4 is 5.32 Å². The Morgan fingerprint density at radius 2 is 1.93 bits per heavy atom. The van der Waals surface area contributed by atoms with E-state index in [9.17, 15) is 0 Å². The first-order valence-electron chi connectivity index (χ1n) is 5.81. The first kappa shape index (κ1) is 13.7. The first-order chi connectivity index (χ1) is 6.81. The number of likely N-dealkylation sites (N-methyl/N-ethyl adjacent to an activating group) is 1. The maximum Gasteiger partial charge on any atom is 0.0157 e. The van der Waals surface area contributed by atoms with Crippen molar-refractivity contribution in [3.05, 3.63) is 12.7 Å². The van der Waals surface area contributed by atoms with Crippen molar-refractivity contribution < 1.29 is 0 Å². The Kier molecular flexibility index (Phi) is 10.5. The second kappa shape index (κ2) is 10.7. The molecule has 0 saturated carbocycles. The summed E-state index contributed by atoms with van der Waals surface area (Å²) < 4.78 is 0. The predicted molar refractivity (Wildman–Crippen MR) is 64.7 cm³/mol. The fraction of sp³-hybridized carbons (Fsp3) is 0.833.